The molecule has 4 nitrogen and oxygen atoms in total. The summed E-state index contributed by atoms with van der Waals surface area (Å²) in [5.74, 6) is 0.443. The summed E-state index contributed by atoms with van der Waals surface area (Å²) in [5.41, 5.74) is 3.62. The van der Waals surface area contributed by atoms with E-state index in [2.05, 4.69) is 57.3 Å². The molecule has 2 heterocycles. The Hall–Kier alpha value is -2.14. The number of rotatable bonds is 9. The molecule has 5 heteroatoms. The van der Waals surface area contributed by atoms with Crippen molar-refractivity contribution in [3.05, 3.63) is 57.3 Å². The number of fused-ring (bicyclic) bond motifs is 1. The van der Waals surface area contributed by atoms with Crippen LogP contribution in [0, 0.1) is 12.8 Å². The van der Waals surface area contributed by atoms with Crippen LogP contribution in [0.4, 0.5) is 0 Å². The van der Waals surface area contributed by atoms with Crippen molar-refractivity contribution < 1.29 is 9.59 Å². The minimum Gasteiger partial charge on any atom is -0.333 e. The minimum absolute atomic E-state index is 0.0544. The second-order valence-electron chi connectivity index (χ2n) is 9.02. The van der Waals surface area contributed by atoms with Crippen LogP contribution in [0.5, 0.6) is 0 Å². The summed E-state index contributed by atoms with van der Waals surface area (Å²) in [6.07, 6.45) is 4.51. The van der Waals surface area contributed by atoms with Crippen molar-refractivity contribution in [3.8, 4) is 0 Å². The Morgan fingerprint density at radius 1 is 1.16 bits per heavy atom. The van der Waals surface area contributed by atoms with E-state index in [-0.39, 0.29) is 24.4 Å². The van der Waals surface area contributed by atoms with Gasteiger partial charge in [0.25, 0.3) is 0 Å². The SMILES string of the molecule is CCCCCN(CC(=O)N1CCc2sccc2C1c1ccccc1C)C(=O)CC(C)C. The third-order valence-corrected chi connectivity index (χ3v) is 7.06. The van der Waals surface area contributed by atoms with E-state index in [1.807, 2.05) is 11.0 Å². The largest absolute Gasteiger partial charge is 0.333 e. The molecule has 0 spiro atoms. The molecule has 1 aliphatic heterocycles. The maximum Gasteiger partial charge on any atom is 0.242 e. The molecular formula is C26H36N2O2S. The monoisotopic (exact) mass is 440 g/mol. The molecule has 1 aromatic carbocycles. The Morgan fingerprint density at radius 2 is 1.94 bits per heavy atom. The van der Waals surface area contributed by atoms with Crippen molar-refractivity contribution in [2.45, 2.75) is 65.8 Å². The molecule has 0 aliphatic carbocycles. The molecule has 1 atom stereocenters. The lowest BCUT2D eigenvalue weighted by atomic mass is 9.90. The molecule has 0 radical (unpaired) electrons. The minimum atomic E-state index is -0.0682. The molecule has 0 saturated heterocycles. The molecule has 3 rings (SSSR count). The molecule has 2 aromatic rings. The van der Waals surface area contributed by atoms with E-state index < -0.39 is 0 Å². The number of carbonyl (C=O) groups excluding carboxylic acids is 2. The van der Waals surface area contributed by atoms with Crippen molar-refractivity contribution in [1.82, 2.24) is 9.80 Å². The van der Waals surface area contributed by atoms with Gasteiger partial charge in [0.15, 0.2) is 0 Å². The van der Waals surface area contributed by atoms with Gasteiger partial charge in [-0.2, -0.15) is 0 Å². The molecule has 0 fully saturated rings. The number of benzene rings is 1. The normalized spacial score (nSPS) is 15.8. The van der Waals surface area contributed by atoms with E-state index in [1.54, 1.807) is 16.2 Å². The van der Waals surface area contributed by atoms with Crippen LogP contribution in [0.15, 0.2) is 35.7 Å². The summed E-state index contributed by atoms with van der Waals surface area (Å²) in [5, 5.41) is 2.13. The number of amides is 2. The van der Waals surface area contributed by atoms with Gasteiger partial charge in [0.05, 0.1) is 12.6 Å². The van der Waals surface area contributed by atoms with Crippen LogP contribution in [0.1, 0.15) is 74.1 Å². The van der Waals surface area contributed by atoms with Crippen molar-refractivity contribution in [2.75, 3.05) is 19.6 Å². The molecule has 168 valence electrons. The lowest BCUT2D eigenvalue weighted by Crippen LogP contribution is -2.47. The quantitative estimate of drug-likeness (QED) is 0.477. The van der Waals surface area contributed by atoms with E-state index in [0.29, 0.717) is 25.4 Å². The number of thiophene rings is 1. The fraction of sp³-hybridized carbons (Fsp3) is 0.538. The summed E-state index contributed by atoms with van der Waals surface area (Å²) in [6.45, 7) is 9.93. The summed E-state index contributed by atoms with van der Waals surface area (Å²) in [7, 11) is 0. The number of nitrogens with zero attached hydrogens (tertiary/aromatic N) is 2. The zero-order chi connectivity index (χ0) is 22.4. The second kappa shape index (κ2) is 10.9. The predicted molar refractivity (Wildman–Crippen MR) is 128 cm³/mol. The Morgan fingerprint density at radius 3 is 2.65 bits per heavy atom. The highest BCUT2D eigenvalue weighted by atomic mass is 32.1. The second-order valence-corrected chi connectivity index (χ2v) is 10.0. The zero-order valence-corrected chi connectivity index (χ0v) is 20.2. The van der Waals surface area contributed by atoms with Crippen molar-refractivity contribution in [1.29, 1.82) is 0 Å². The third kappa shape index (κ3) is 5.76. The van der Waals surface area contributed by atoms with E-state index in [1.165, 1.54) is 21.6 Å². The molecular weight excluding hydrogens is 404 g/mol. The summed E-state index contributed by atoms with van der Waals surface area (Å²) < 4.78 is 0. The zero-order valence-electron chi connectivity index (χ0n) is 19.4. The van der Waals surface area contributed by atoms with Gasteiger partial charge >= 0.3 is 0 Å². The Balaban J connectivity index is 1.85. The van der Waals surface area contributed by atoms with Gasteiger partial charge in [-0.05, 0) is 53.8 Å². The molecule has 0 N–H and O–H groups in total. The van der Waals surface area contributed by atoms with Gasteiger partial charge in [0.1, 0.15) is 0 Å². The average Bonchev–Trinajstić information content (AvgIpc) is 3.21. The number of carbonyl (C=O) groups is 2. The van der Waals surface area contributed by atoms with Crippen LogP contribution >= 0.6 is 11.3 Å². The van der Waals surface area contributed by atoms with E-state index in [9.17, 15) is 9.59 Å². The Kier molecular flexibility index (Phi) is 8.30. The van der Waals surface area contributed by atoms with Gasteiger partial charge in [-0.1, -0.05) is 57.9 Å². The summed E-state index contributed by atoms with van der Waals surface area (Å²) in [4.78, 5) is 31.7. The first-order chi connectivity index (χ1) is 14.9. The van der Waals surface area contributed by atoms with E-state index in [0.717, 1.165) is 25.7 Å². The fourth-order valence-corrected chi connectivity index (χ4v) is 5.29. The molecule has 1 aromatic heterocycles. The lowest BCUT2D eigenvalue weighted by Gasteiger charge is -2.38. The average molecular weight is 441 g/mol. The summed E-state index contributed by atoms with van der Waals surface area (Å²) >= 11 is 1.78. The highest BCUT2D eigenvalue weighted by molar-refractivity contribution is 7.10. The van der Waals surface area contributed by atoms with Gasteiger partial charge in [0, 0.05) is 24.4 Å². The maximum absolute atomic E-state index is 13.6. The smallest absolute Gasteiger partial charge is 0.242 e. The van der Waals surface area contributed by atoms with Crippen LogP contribution in [0.25, 0.3) is 0 Å². The van der Waals surface area contributed by atoms with Gasteiger partial charge in [-0.15, -0.1) is 11.3 Å². The number of hydrogen-bond acceptors (Lipinski definition) is 3. The van der Waals surface area contributed by atoms with Gasteiger partial charge in [-0.25, -0.2) is 0 Å². The van der Waals surface area contributed by atoms with E-state index >= 15 is 0 Å². The highest BCUT2D eigenvalue weighted by Crippen LogP contribution is 2.39. The first-order valence-corrected chi connectivity index (χ1v) is 12.5. The van der Waals surface area contributed by atoms with Gasteiger partial charge in [0.2, 0.25) is 11.8 Å². The maximum atomic E-state index is 13.6. The number of hydrogen-bond donors (Lipinski definition) is 0. The molecule has 1 unspecified atom stereocenters. The van der Waals surface area contributed by atoms with Crippen LogP contribution < -0.4 is 0 Å². The standard InChI is InChI=1S/C26H36N2O2S/c1-5-6-9-14-27(24(29)17-19(2)3)18-25(30)28-15-12-23-22(13-16-31-23)26(28)21-11-8-7-10-20(21)4/h7-8,10-11,13,16,19,26H,5-6,9,12,14-15,17-18H2,1-4H3. The Labute approximate surface area is 191 Å². The van der Waals surface area contributed by atoms with Gasteiger partial charge in [-0.3, -0.25) is 9.59 Å². The molecule has 2 amide bonds. The first-order valence-electron chi connectivity index (χ1n) is 11.6. The fourth-order valence-electron chi connectivity index (χ4n) is 4.39. The number of aryl methyl sites for hydroxylation is 1. The highest BCUT2D eigenvalue weighted by Gasteiger charge is 2.34. The van der Waals surface area contributed by atoms with Gasteiger partial charge < -0.3 is 9.80 Å². The number of unbranched alkanes of at least 4 members (excludes halogenated alkanes) is 2. The topological polar surface area (TPSA) is 40.6 Å². The van der Waals surface area contributed by atoms with Crippen LogP contribution in [0.2, 0.25) is 0 Å². The lowest BCUT2D eigenvalue weighted by molar-refractivity contribution is -0.142. The predicted octanol–water partition coefficient (Wildman–Crippen LogP) is 5.60. The van der Waals surface area contributed by atoms with Crippen molar-refractivity contribution >= 4 is 23.2 Å². The van der Waals surface area contributed by atoms with Crippen molar-refractivity contribution in [3.63, 3.8) is 0 Å². The molecule has 0 saturated carbocycles. The molecule has 31 heavy (non-hydrogen) atoms. The van der Waals surface area contributed by atoms with Crippen molar-refractivity contribution in [2.24, 2.45) is 5.92 Å². The Bertz CT molecular complexity index is 889. The molecule has 0 bridgehead atoms. The summed E-state index contributed by atoms with van der Waals surface area (Å²) in [6, 6.07) is 10.4. The third-order valence-electron chi connectivity index (χ3n) is 6.06. The van der Waals surface area contributed by atoms with Crippen LogP contribution in [0.3, 0.4) is 0 Å². The van der Waals surface area contributed by atoms with E-state index in [4.69, 9.17) is 0 Å². The van der Waals surface area contributed by atoms with Crippen LogP contribution in [-0.4, -0.2) is 41.2 Å². The first kappa shape index (κ1) is 23.5. The molecule has 1 aliphatic rings. The van der Waals surface area contributed by atoms with Crippen LogP contribution in [-0.2, 0) is 16.0 Å².